The maximum atomic E-state index is 5.83. The Labute approximate surface area is 94.7 Å². The Morgan fingerprint density at radius 2 is 1.93 bits per heavy atom. The first-order valence-electron chi connectivity index (χ1n) is 4.90. The van der Waals surface area contributed by atoms with Crippen LogP contribution in [0.2, 0.25) is 5.15 Å². The van der Waals surface area contributed by atoms with E-state index in [1.807, 2.05) is 12.1 Å². The Hall–Kier alpha value is -1.34. The smallest absolute Gasteiger partial charge is 0.129 e. The van der Waals surface area contributed by atoms with Gasteiger partial charge in [0.2, 0.25) is 0 Å². The van der Waals surface area contributed by atoms with E-state index in [1.165, 1.54) is 16.7 Å². The van der Waals surface area contributed by atoms with Crippen LogP contribution in [0.4, 0.5) is 0 Å². The Bertz CT molecular complexity index is 422. The molecular formula is C13H12ClN. The van der Waals surface area contributed by atoms with Crippen LogP contribution in [0.25, 0.3) is 0 Å². The minimum atomic E-state index is 0.556. The van der Waals surface area contributed by atoms with Gasteiger partial charge in [-0.3, -0.25) is 0 Å². The van der Waals surface area contributed by atoms with Gasteiger partial charge in [0.05, 0.1) is 0 Å². The Kier molecular flexibility index (Phi) is 3.02. The van der Waals surface area contributed by atoms with Crippen LogP contribution in [0, 0.1) is 6.92 Å². The van der Waals surface area contributed by atoms with Crippen LogP contribution in [-0.4, -0.2) is 4.98 Å². The van der Waals surface area contributed by atoms with Gasteiger partial charge in [0.25, 0.3) is 0 Å². The molecule has 2 heteroatoms. The molecule has 0 atom stereocenters. The number of nitrogens with zero attached hydrogens (tertiary/aromatic N) is 1. The summed E-state index contributed by atoms with van der Waals surface area (Å²) in [5.74, 6) is 0. The predicted molar refractivity (Wildman–Crippen MR) is 63.2 cm³/mol. The molecule has 0 amide bonds. The van der Waals surface area contributed by atoms with Crippen molar-refractivity contribution in [1.82, 2.24) is 4.98 Å². The molecule has 0 radical (unpaired) electrons. The van der Waals surface area contributed by atoms with Crippen molar-refractivity contribution >= 4 is 11.6 Å². The zero-order chi connectivity index (χ0) is 10.7. The fourth-order valence-electron chi connectivity index (χ4n) is 1.61. The van der Waals surface area contributed by atoms with Crippen molar-refractivity contribution in [2.45, 2.75) is 13.3 Å². The van der Waals surface area contributed by atoms with Crippen molar-refractivity contribution in [2.75, 3.05) is 0 Å². The summed E-state index contributed by atoms with van der Waals surface area (Å²) >= 11 is 5.83. The van der Waals surface area contributed by atoms with E-state index in [4.69, 9.17) is 11.6 Å². The van der Waals surface area contributed by atoms with Crippen molar-refractivity contribution in [3.63, 3.8) is 0 Å². The average molecular weight is 218 g/mol. The van der Waals surface area contributed by atoms with E-state index in [-0.39, 0.29) is 0 Å². The van der Waals surface area contributed by atoms with Crippen LogP contribution in [0.1, 0.15) is 16.7 Å². The molecule has 0 saturated carbocycles. The van der Waals surface area contributed by atoms with Gasteiger partial charge in [-0.05, 0) is 36.6 Å². The molecule has 2 aromatic rings. The van der Waals surface area contributed by atoms with Crippen LogP contribution >= 0.6 is 11.6 Å². The SMILES string of the molecule is Cc1cccc(Cc2ccnc(Cl)c2)c1. The van der Waals surface area contributed by atoms with E-state index in [0.29, 0.717) is 5.15 Å². The molecule has 2 rings (SSSR count). The third kappa shape index (κ3) is 2.80. The summed E-state index contributed by atoms with van der Waals surface area (Å²) in [5.41, 5.74) is 3.78. The first kappa shape index (κ1) is 10.2. The lowest BCUT2D eigenvalue weighted by molar-refractivity contribution is 1.16. The van der Waals surface area contributed by atoms with Crippen molar-refractivity contribution < 1.29 is 0 Å². The monoisotopic (exact) mass is 217 g/mol. The number of halogens is 1. The second-order valence-corrected chi connectivity index (χ2v) is 4.04. The number of hydrogen-bond acceptors (Lipinski definition) is 1. The van der Waals surface area contributed by atoms with E-state index in [2.05, 4.69) is 36.2 Å². The van der Waals surface area contributed by atoms with E-state index >= 15 is 0 Å². The first-order valence-corrected chi connectivity index (χ1v) is 5.28. The fourth-order valence-corrected chi connectivity index (χ4v) is 1.81. The fraction of sp³-hybridized carbons (Fsp3) is 0.154. The summed E-state index contributed by atoms with van der Waals surface area (Å²) in [6.45, 7) is 2.10. The summed E-state index contributed by atoms with van der Waals surface area (Å²) in [7, 11) is 0. The molecule has 15 heavy (non-hydrogen) atoms. The van der Waals surface area contributed by atoms with Crippen LogP contribution in [-0.2, 0) is 6.42 Å². The Morgan fingerprint density at radius 1 is 1.13 bits per heavy atom. The highest BCUT2D eigenvalue weighted by Crippen LogP contribution is 2.13. The molecule has 0 bridgehead atoms. The lowest BCUT2D eigenvalue weighted by Gasteiger charge is -2.03. The van der Waals surface area contributed by atoms with Crippen molar-refractivity contribution in [2.24, 2.45) is 0 Å². The van der Waals surface area contributed by atoms with Crippen LogP contribution < -0.4 is 0 Å². The highest BCUT2D eigenvalue weighted by atomic mass is 35.5. The lowest BCUT2D eigenvalue weighted by Crippen LogP contribution is -1.89. The van der Waals surface area contributed by atoms with E-state index < -0.39 is 0 Å². The van der Waals surface area contributed by atoms with E-state index in [1.54, 1.807) is 6.20 Å². The highest BCUT2D eigenvalue weighted by Gasteiger charge is 1.97. The van der Waals surface area contributed by atoms with Crippen LogP contribution in [0.5, 0.6) is 0 Å². The Balaban J connectivity index is 2.22. The molecule has 0 spiro atoms. The average Bonchev–Trinajstić information content (AvgIpc) is 2.17. The molecule has 1 heterocycles. The molecule has 0 fully saturated rings. The molecule has 1 aromatic carbocycles. The quantitative estimate of drug-likeness (QED) is 0.700. The number of benzene rings is 1. The lowest BCUT2D eigenvalue weighted by atomic mass is 10.0. The molecular weight excluding hydrogens is 206 g/mol. The molecule has 0 aliphatic rings. The molecule has 0 aliphatic heterocycles. The van der Waals surface area contributed by atoms with Gasteiger partial charge >= 0.3 is 0 Å². The summed E-state index contributed by atoms with van der Waals surface area (Å²) in [6.07, 6.45) is 2.65. The standard InChI is InChI=1S/C13H12ClN/c1-10-3-2-4-11(7-10)8-12-5-6-15-13(14)9-12/h2-7,9H,8H2,1H3. The van der Waals surface area contributed by atoms with E-state index in [0.717, 1.165) is 6.42 Å². The number of aromatic nitrogens is 1. The van der Waals surface area contributed by atoms with Gasteiger partial charge in [-0.1, -0.05) is 41.4 Å². The third-order valence-electron chi connectivity index (χ3n) is 2.28. The summed E-state index contributed by atoms with van der Waals surface area (Å²) in [5, 5.41) is 0.556. The highest BCUT2D eigenvalue weighted by molar-refractivity contribution is 6.29. The minimum Gasteiger partial charge on any atom is -0.245 e. The van der Waals surface area contributed by atoms with Gasteiger partial charge in [0.15, 0.2) is 0 Å². The third-order valence-corrected chi connectivity index (χ3v) is 2.49. The molecule has 0 unspecified atom stereocenters. The normalized spacial score (nSPS) is 10.3. The van der Waals surface area contributed by atoms with Gasteiger partial charge in [-0.25, -0.2) is 4.98 Å². The first-order chi connectivity index (χ1) is 7.24. The molecule has 0 N–H and O–H groups in total. The van der Waals surface area contributed by atoms with Gasteiger partial charge in [-0.15, -0.1) is 0 Å². The molecule has 1 nitrogen and oxygen atoms in total. The summed E-state index contributed by atoms with van der Waals surface area (Å²) in [6, 6.07) is 12.4. The maximum Gasteiger partial charge on any atom is 0.129 e. The number of pyridine rings is 1. The zero-order valence-corrected chi connectivity index (χ0v) is 9.33. The van der Waals surface area contributed by atoms with Gasteiger partial charge in [0, 0.05) is 6.20 Å². The molecule has 1 aromatic heterocycles. The van der Waals surface area contributed by atoms with E-state index in [9.17, 15) is 0 Å². The minimum absolute atomic E-state index is 0.556. The van der Waals surface area contributed by atoms with Gasteiger partial charge in [0.1, 0.15) is 5.15 Å². The van der Waals surface area contributed by atoms with Crippen molar-refractivity contribution in [1.29, 1.82) is 0 Å². The number of hydrogen-bond donors (Lipinski definition) is 0. The topological polar surface area (TPSA) is 12.9 Å². The number of aryl methyl sites for hydroxylation is 1. The van der Waals surface area contributed by atoms with Gasteiger partial charge in [-0.2, -0.15) is 0 Å². The largest absolute Gasteiger partial charge is 0.245 e. The molecule has 76 valence electrons. The Morgan fingerprint density at radius 3 is 2.67 bits per heavy atom. The van der Waals surface area contributed by atoms with Crippen molar-refractivity contribution in [3.05, 3.63) is 64.4 Å². The van der Waals surface area contributed by atoms with Crippen LogP contribution in [0.15, 0.2) is 42.6 Å². The summed E-state index contributed by atoms with van der Waals surface area (Å²) in [4.78, 5) is 3.96. The molecule has 0 aliphatic carbocycles. The zero-order valence-electron chi connectivity index (χ0n) is 8.57. The number of rotatable bonds is 2. The van der Waals surface area contributed by atoms with Crippen LogP contribution in [0.3, 0.4) is 0 Å². The predicted octanol–water partition coefficient (Wildman–Crippen LogP) is 3.63. The maximum absolute atomic E-state index is 5.83. The second-order valence-electron chi connectivity index (χ2n) is 3.65. The van der Waals surface area contributed by atoms with Crippen molar-refractivity contribution in [3.8, 4) is 0 Å². The molecule has 0 saturated heterocycles. The van der Waals surface area contributed by atoms with Gasteiger partial charge < -0.3 is 0 Å². The summed E-state index contributed by atoms with van der Waals surface area (Å²) < 4.78 is 0. The second kappa shape index (κ2) is 4.45.